The highest BCUT2D eigenvalue weighted by Gasteiger charge is 2.13. The molecular formula is C14H16ClNO3. The summed E-state index contributed by atoms with van der Waals surface area (Å²) in [5.74, 6) is 0.951. The Labute approximate surface area is 117 Å². The Hall–Kier alpha value is -1.52. The molecule has 19 heavy (non-hydrogen) atoms. The minimum absolute atomic E-state index is 0.115. The first-order valence-electron chi connectivity index (χ1n) is 6.04. The van der Waals surface area contributed by atoms with Gasteiger partial charge < -0.3 is 14.3 Å². The summed E-state index contributed by atoms with van der Waals surface area (Å²) in [7, 11) is 0. The minimum Gasteiger partial charge on any atom is -0.417 e. The molecule has 0 fully saturated rings. The van der Waals surface area contributed by atoms with Crippen molar-refractivity contribution in [3.8, 4) is 11.8 Å². The second kappa shape index (κ2) is 5.63. The molecule has 0 amide bonds. The molecule has 1 N–H and O–H groups in total. The Kier molecular flexibility index (Phi) is 4.12. The fourth-order valence-electron chi connectivity index (χ4n) is 1.72. The predicted molar refractivity (Wildman–Crippen MR) is 72.8 cm³/mol. The van der Waals surface area contributed by atoms with Crippen molar-refractivity contribution < 1.29 is 14.3 Å². The lowest BCUT2D eigenvalue weighted by atomic mass is 10.0. The van der Waals surface area contributed by atoms with Crippen LogP contribution in [-0.2, 0) is 6.61 Å². The summed E-state index contributed by atoms with van der Waals surface area (Å²) in [5, 5.41) is 9.65. The summed E-state index contributed by atoms with van der Waals surface area (Å²) < 4.78 is 10.7. The van der Waals surface area contributed by atoms with Gasteiger partial charge in [-0.05, 0) is 36.1 Å². The van der Waals surface area contributed by atoms with Crippen molar-refractivity contribution in [1.82, 2.24) is 4.98 Å². The standard InChI is InChI=1S/C14H16ClNO3/c1-8(2)11-5-13(9(3)4-12(11)15)19-14-16-10(6-17)7-18-14/h4-5,7-8,17H,6H2,1-3H3. The van der Waals surface area contributed by atoms with Gasteiger partial charge in [-0.15, -0.1) is 0 Å². The summed E-state index contributed by atoms with van der Waals surface area (Å²) in [5.41, 5.74) is 2.35. The summed E-state index contributed by atoms with van der Waals surface area (Å²) in [6.07, 6.45) is 1.48. The van der Waals surface area contributed by atoms with E-state index in [1.54, 1.807) is 0 Å². The number of rotatable bonds is 4. The van der Waals surface area contributed by atoms with Crippen molar-refractivity contribution in [2.45, 2.75) is 33.3 Å². The van der Waals surface area contributed by atoms with E-state index < -0.39 is 0 Å². The van der Waals surface area contributed by atoms with Gasteiger partial charge in [-0.2, -0.15) is 4.98 Å². The Morgan fingerprint density at radius 3 is 2.74 bits per heavy atom. The Balaban J connectivity index is 2.31. The molecule has 0 unspecified atom stereocenters. The first-order valence-corrected chi connectivity index (χ1v) is 6.42. The zero-order valence-corrected chi connectivity index (χ0v) is 11.9. The average molecular weight is 282 g/mol. The molecule has 0 aliphatic rings. The van der Waals surface area contributed by atoms with Crippen LogP contribution in [0.5, 0.6) is 11.8 Å². The van der Waals surface area contributed by atoms with E-state index in [9.17, 15) is 0 Å². The SMILES string of the molecule is Cc1cc(Cl)c(C(C)C)cc1Oc1nc(CO)co1. The molecule has 2 aromatic rings. The van der Waals surface area contributed by atoms with Crippen molar-refractivity contribution in [2.24, 2.45) is 0 Å². The van der Waals surface area contributed by atoms with Gasteiger partial charge in [-0.3, -0.25) is 0 Å². The fourth-order valence-corrected chi connectivity index (χ4v) is 2.16. The molecular weight excluding hydrogens is 266 g/mol. The number of halogens is 1. The van der Waals surface area contributed by atoms with Crippen LogP contribution in [0.2, 0.25) is 5.02 Å². The Morgan fingerprint density at radius 2 is 2.16 bits per heavy atom. The van der Waals surface area contributed by atoms with Crippen LogP contribution in [0, 0.1) is 6.92 Å². The highest BCUT2D eigenvalue weighted by Crippen LogP contribution is 2.33. The third kappa shape index (κ3) is 3.08. The zero-order chi connectivity index (χ0) is 14.0. The summed E-state index contributed by atoms with van der Waals surface area (Å²) >= 11 is 6.20. The second-order valence-electron chi connectivity index (χ2n) is 4.66. The van der Waals surface area contributed by atoms with E-state index >= 15 is 0 Å². The maximum atomic E-state index is 8.93. The van der Waals surface area contributed by atoms with E-state index in [4.69, 9.17) is 25.9 Å². The molecule has 1 heterocycles. The molecule has 0 saturated carbocycles. The monoisotopic (exact) mass is 281 g/mol. The van der Waals surface area contributed by atoms with E-state index in [1.165, 1.54) is 6.26 Å². The number of aryl methyl sites for hydroxylation is 1. The topological polar surface area (TPSA) is 55.5 Å². The molecule has 0 atom stereocenters. The number of aliphatic hydroxyl groups excluding tert-OH is 1. The molecule has 0 radical (unpaired) electrons. The van der Waals surface area contributed by atoms with Crippen molar-refractivity contribution in [3.63, 3.8) is 0 Å². The highest BCUT2D eigenvalue weighted by atomic mass is 35.5. The molecule has 1 aromatic carbocycles. The average Bonchev–Trinajstić information content (AvgIpc) is 2.80. The molecule has 0 aliphatic carbocycles. The Bertz CT molecular complexity index is 578. The number of hydrogen-bond acceptors (Lipinski definition) is 4. The number of oxazole rings is 1. The van der Waals surface area contributed by atoms with Crippen LogP contribution in [0.3, 0.4) is 0 Å². The van der Waals surface area contributed by atoms with Gasteiger partial charge in [0.2, 0.25) is 0 Å². The summed E-state index contributed by atoms with van der Waals surface area (Å²) in [4.78, 5) is 3.99. The van der Waals surface area contributed by atoms with Crippen LogP contribution in [0.1, 0.15) is 36.6 Å². The molecule has 102 valence electrons. The van der Waals surface area contributed by atoms with Gasteiger partial charge in [0.15, 0.2) is 0 Å². The number of benzene rings is 1. The molecule has 4 nitrogen and oxygen atoms in total. The smallest absolute Gasteiger partial charge is 0.399 e. The van der Waals surface area contributed by atoms with Gasteiger partial charge in [-0.1, -0.05) is 25.4 Å². The van der Waals surface area contributed by atoms with Crippen LogP contribution in [-0.4, -0.2) is 10.1 Å². The molecule has 1 aromatic heterocycles. The Morgan fingerprint density at radius 1 is 1.42 bits per heavy atom. The van der Waals surface area contributed by atoms with Gasteiger partial charge >= 0.3 is 6.08 Å². The lowest BCUT2D eigenvalue weighted by Crippen LogP contribution is -1.94. The number of aromatic nitrogens is 1. The first-order chi connectivity index (χ1) is 9.01. The molecule has 5 heteroatoms. The number of aliphatic hydroxyl groups is 1. The van der Waals surface area contributed by atoms with Crippen LogP contribution in [0.4, 0.5) is 0 Å². The third-order valence-electron chi connectivity index (χ3n) is 2.81. The first kappa shape index (κ1) is 13.9. The molecule has 0 spiro atoms. The number of hydrogen-bond donors (Lipinski definition) is 1. The van der Waals surface area contributed by atoms with Gasteiger partial charge in [-0.25, -0.2) is 0 Å². The number of ether oxygens (including phenoxy) is 1. The fraction of sp³-hybridized carbons (Fsp3) is 0.357. The van der Waals surface area contributed by atoms with Crippen LogP contribution in [0.15, 0.2) is 22.8 Å². The quantitative estimate of drug-likeness (QED) is 0.919. The van der Waals surface area contributed by atoms with E-state index in [0.29, 0.717) is 17.4 Å². The lowest BCUT2D eigenvalue weighted by Gasteiger charge is -2.12. The van der Waals surface area contributed by atoms with E-state index in [-0.39, 0.29) is 12.7 Å². The molecule has 2 rings (SSSR count). The third-order valence-corrected chi connectivity index (χ3v) is 3.13. The van der Waals surface area contributed by atoms with Gasteiger partial charge in [0.1, 0.15) is 17.7 Å². The maximum Gasteiger partial charge on any atom is 0.399 e. The van der Waals surface area contributed by atoms with E-state index in [2.05, 4.69) is 18.8 Å². The normalized spacial score (nSPS) is 11.1. The van der Waals surface area contributed by atoms with E-state index in [0.717, 1.165) is 16.1 Å². The van der Waals surface area contributed by atoms with Crippen LogP contribution in [0.25, 0.3) is 0 Å². The summed E-state index contributed by atoms with van der Waals surface area (Å²) in [6, 6.07) is 3.76. The molecule has 0 saturated heterocycles. The van der Waals surface area contributed by atoms with Crippen LogP contribution >= 0.6 is 11.6 Å². The maximum absolute atomic E-state index is 8.93. The lowest BCUT2D eigenvalue weighted by molar-refractivity contribution is 0.276. The zero-order valence-electron chi connectivity index (χ0n) is 11.1. The van der Waals surface area contributed by atoms with E-state index in [1.807, 2.05) is 19.1 Å². The molecule has 0 bridgehead atoms. The minimum atomic E-state index is -0.177. The van der Waals surface area contributed by atoms with Crippen molar-refractivity contribution in [3.05, 3.63) is 40.2 Å². The molecule has 0 aliphatic heterocycles. The van der Waals surface area contributed by atoms with Gasteiger partial charge in [0.25, 0.3) is 0 Å². The van der Waals surface area contributed by atoms with Crippen LogP contribution < -0.4 is 4.74 Å². The van der Waals surface area contributed by atoms with Crippen molar-refractivity contribution in [2.75, 3.05) is 0 Å². The van der Waals surface area contributed by atoms with Crippen molar-refractivity contribution >= 4 is 11.6 Å². The van der Waals surface area contributed by atoms with Crippen molar-refractivity contribution in [1.29, 1.82) is 0 Å². The van der Waals surface area contributed by atoms with Gasteiger partial charge in [0.05, 0.1) is 6.61 Å². The second-order valence-corrected chi connectivity index (χ2v) is 5.07. The van der Waals surface area contributed by atoms with Gasteiger partial charge in [0, 0.05) is 5.02 Å². The highest BCUT2D eigenvalue weighted by molar-refractivity contribution is 6.31. The largest absolute Gasteiger partial charge is 0.417 e. The number of nitrogens with zero attached hydrogens (tertiary/aromatic N) is 1. The predicted octanol–water partition coefficient (Wildman–Crippen LogP) is 4.04. The summed E-state index contributed by atoms with van der Waals surface area (Å²) in [6.45, 7) is 5.86.